The Labute approximate surface area is 363 Å². The molecule has 0 aliphatic heterocycles. The van der Waals surface area contributed by atoms with Crippen LogP contribution < -0.4 is 0 Å². The zero-order valence-electron chi connectivity index (χ0n) is 35.4. The molecule has 0 atom stereocenters. The van der Waals surface area contributed by atoms with Crippen LogP contribution in [0, 0.1) is 0 Å². The van der Waals surface area contributed by atoms with E-state index in [9.17, 15) is 0 Å². The van der Waals surface area contributed by atoms with Crippen molar-refractivity contribution in [3.63, 3.8) is 0 Å². The topological polar surface area (TPSA) is 25.8 Å². The molecule has 12 rings (SSSR count). The first-order valence-corrected chi connectivity index (χ1v) is 21.7. The summed E-state index contributed by atoms with van der Waals surface area (Å²) in [6.07, 6.45) is 0. The predicted molar refractivity (Wildman–Crippen MR) is 259 cm³/mol. The number of hydrogen-bond donors (Lipinski definition) is 0. The number of benzene rings is 9. The average Bonchev–Trinajstić information content (AvgIpc) is 3.69. The molecule has 0 spiro atoms. The van der Waals surface area contributed by atoms with E-state index in [1.54, 1.807) is 0 Å². The van der Waals surface area contributed by atoms with E-state index in [1.165, 1.54) is 82.9 Å². The van der Waals surface area contributed by atoms with E-state index in [0.717, 1.165) is 33.5 Å². The molecule has 0 saturated heterocycles. The van der Waals surface area contributed by atoms with Gasteiger partial charge in [-0.2, -0.15) is 0 Å². The molecular formula is C60H44N2. The van der Waals surface area contributed by atoms with Crippen LogP contribution in [-0.4, -0.2) is 9.97 Å². The van der Waals surface area contributed by atoms with E-state index in [0.29, 0.717) is 5.82 Å². The molecule has 0 bridgehead atoms. The Morgan fingerprint density at radius 2 is 0.903 bits per heavy atom. The second-order valence-corrected chi connectivity index (χ2v) is 18.1. The van der Waals surface area contributed by atoms with Crippen molar-refractivity contribution in [2.24, 2.45) is 0 Å². The van der Waals surface area contributed by atoms with Gasteiger partial charge in [0.25, 0.3) is 0 Å². The smallest absolute Gasteiger partial charge is 0.160 e. The molecule has 0 N–H and O–H groups in total. The van der Waals surface area contributed by atoms with E-state index >= 15 is 0 Å². The van der Waals surface area contributed by atoms with E-state index in [4.69, 9.17) is 9.97 Å². The highest BCUT2D eigenvalue weighted by Crippen LogP contribution is 2.55. The molecule has 0 amide bonds. The minimum atomic E-state index is -0.123. The van der Waals surface area contributed by atoms with Crippen LogP contribution in [0.15, 0.2) is 194 Å². The van der Waals surface area contributed by atoms with Gasteiger partial charge in [-0.25, -0.2) is 9.97 Å². The molecule has 0 radical (unpaired) electrons. The van der Waals surface area contributed by atoms with Crippen LogP contribution in [0.3, 0.4) is 0 Å². The van der Waals surface area contributed by atoms with Crippen LogP contribution in [0.2, 0.25) is 0 Å². The highest BCUT2D eigenvalue weighted by atomic mass is 14.9. The van der Waals surface area contributed by atoms with Crippen LogP contribution >= 0.6 is 0 Å². The second kappa shape index (κ2) is 13.5. The number of rotatable bonds is 5. The van der Waals surface area contributed by atoms with Gasteiger partial charge in [-0.1, -0.05) is 198 Å². The molecule has 0 saturated carbocycles. The Balaban J connectivity index is 1.02. The van der Waals surface area contributed by atoms with Crippen molar-refractivity contribution >= 4 is 21.5 Å². The average molecular weight is 793 g/mol. The molecule has 294 valence electrons. The van der Waals surface area contributed by atoms with Crippen LogP contribution in [0.4, 0.5) is 0 Å². The summed E-state index contributed by atoms with van der Waals surface area (Å²) in [5.74, 6) is 0.709. The van der Waals surface area contributed by atoms with Crippen LogP contribution in [0.25, 0.3) is 100.0 Å². The van der Waals surface area contributed by atoms with Gasteiger partial charge in [-0.05, 0) is 113 Å². The van der Waals surface area contributed by atoms with Crippen molar-refractivity contribution in [2.45, 2.75) is 38.5 Å². The van der Waals surface area contributed by atoms with Crippen molar-refractivity contribution in [3.05, 3.63) is 216 Å². The fourth-order valence-corrected chi connectivity index (χ4v) is 10.8. The molecule has 1 aromatic heterocycles. The number of nitrogens with zero attached hydrogens (tertiary/aromatic N) is 2. The van der Waals surface area contributed by atoms with Crippen molar-refractivity contribution < 1.29 is 0 Å². The van der Waals surface area contributed by atoms with Crippen molar-refractivity contribution in [3.8, 4) is 78.4 Å². The lowest BCUT2D eigenvalue weighted by Gasteiger charge is -2.24. The first-order valence-electron chi connectivity index (χ1n) is 21.7. The van der Waals surface area contributed by atoms with Crippen molar-refractivity contribution in [2.75, 3.05) is 0 Å². The molecule has 2 aliphatic rings. The molecule has 62 heavy (non-hydrogen) atoms. The van der Waals surface area contributed by atoms with Crippen LogP contribution in [0.1, 0.15) is 49.9 Å². The molecule has 0 unspecified atom stereocenters. The van der Waals surface area contributed by atoms with Crippen LogP contribution in [0.5, 0.6) is 0 Å². The maximum absolute atomic E-state index is 5.35. The summed E-state index contributed by atoms with van der Waals surface area (Å²) in [6, 6.07) is 71.0. The minimum absolute atomic E-state index is 0.120. The Bertz CT molecular complexity index is 3460. The van der Waals surface area contributed by atoms with Gasteiger partial charge in [0.15, 0.2) is 5.82 Å². The molecule has 2 nitrogen and oxygen atoms in total. The van der Waals surface area contributed by atoms with Gasteiger partial charge in [0.1, 0.15) is 0 Å². The van der Waals surface area contributed by atoms with Gasteiger partial charge in [-0.3, -0.25) is 0 Å². The largest absolute Gasteiger partial charge is 0.228 e. The fourth-order valence-electron chi connectivity index (χ4n) is 10.8. The Morgan fingerprint density at radius 3 is 1.74 bits per heavy atom. The van der Waals surface area contributed by atoms with Gasteiger partial charge in [0.05, 0.1) is 11.4 Å². The van der Waals surface area contributed by atoms with E-state index in [2.05, 4.69) is 216 Å². The fraction of sp³-hybridized carbons (Fsp3) is 0.100. The summed E-state index contributed by atoms with van der Waals surface area (Å²) < 4.78 is 0. The number of aromatic nitrogens is 2. The molecule has 2 aliphatic carbocycles. The van der Waals surface area contributed by atoms with E-state index in [1.807, 2.05) is 6.07 Å². The molecule has 2 heteroatoms. The summed E-state index contributed by atoms with van der Waals surface area (Å²) >= 11 is 0. The highest BCUT2D eigenvalue weighted by molar-refractivity contribution is 6.09. The molecular weight excluding hydrogens is 749 g/mol. The highest BCUT2D eigenvalue weighted by Gasteiger charge is 2.38. The molecule has 0 fully saturated rings. The lowest BCUT2D eigenvalue weighted by atomic mass is 9.78. The normalized spacial score (nSPS) is 14.1. The van der Waals surface area contributed by atoms with Crippen molar-refractivity contribution in [1.29, 1.82) is 0 Å². The van der Waals surface area contributed by atoms with Gasteiger partial charge < -0.3 is 0 Å². The third-order valence-corrected chi connectivity index (χ3v) is 13.9. The summed E-state index contributed by atoms with van der Waals surface area (Å²) in [6.45, 7) is 9.46. The van der Waals surface area contributed by atoms with Crippen LogP contribution in [-0.2, 0) is 10.8 Å². The zero-order valence-corrected chi connectivity index (χ0v) is 35.4. The SMILES string of the molecule is CC1(C)c2cc3ccccc3cc2-c2c(-c3ccc(-c4cc(-c5cccc(-c6cccc7c6C(C)(C)c6ccccc6-7)c5)nc(-c5ccccc5)n4)c4ccccc34)cccc21. The van der Waals surface area contributed by atoms with E-state index < -0.39 is 0 Å². The first-order chi connectivity index (χ1) is 30.3. The standard InChI is InChI=1S/C60H44N2/c1-59(2)52-30-16-27-48(56(52)50-34-38-19-8-9-20-39(38)35-53(50)59)45-31-32-47(44-24-11-10-23-43(44)45)55-36-54(61-58(62-55)37-17-6-5-7-18-37)41-22-14-21-40(33-41)42-26-15-28-49-46-25-12-13-29-51(46)60(3,4)57(42)49/h5-36H,1-4H3. The van der Waals surface area contributed by atoms with Gasteiger partial charge in [0, 0.05) is 27.5 Å². The molecule has 10 aromatic rings. The van der Waals surface area contributed by atoms with Gasteiger partial charge in [0.2, 0.25) is 0 Å². The third-order valence-electron chi connectivity index (χ3n) is 13.9. The lowest BCUT2D eigenvalue weighted by Crippen LogP contribution is -2.16. The summed E-state index contributed by atoms with van der Waals surface area (Å²) in [5.41, 5.74) is 20.4. The van der Waals surface area contributed by atoms with E-state index in [-0.39, 0.29) is 10.8 Å². The summed E-state index contributed by atoms with van der Waals surface area (Å²) in [5, 5.41) is 4.92. The number of fused-ring (bicyclic) bond motifs is 8. The molecule has 1 heterocycles. The minimum Gasteiger partial charge on any atom is -0.228 e. The maximum atomic E-state index is 5.35. The Hall–Kier alpha value is -7.42. The summed E-state index contributed by atoms with van der Waals surface area (Å²) in [4.78, 5) is 10.6. The quantitative estimate of drug-likeness (QED) is 0.173. The predicted octanol–water partition coefficient (Wildman–Crippen LogP) is 15.7. The first kappa shape index (κ1) is 36.4. The maximum Gasteiger partial charge on any atom is 0.160 e. The zero-order chi connectivity index (χ0) is 41.7. The second-order valence-electron chi connectivity index (χ2n) is 18.1. The number of hydrogen-bond acceptors (Lipinski definition) is 2. The Morgan fingerprint density at radius 1 is 0.323 bits per heavy atom. The lowest BCUT2D eigenvalue weighted by molar-refractivity contribution is 0.661. The van der Waals surface area contributed by atoms with Gasteiger partial charge >= 0.3 is 0 Å². The Kier molecular flexibility index (Phi) is 7.96. The van der Waals surface area contributed by atoms with Crippen molar-refractivity contribution in [1.82, 2.24) is 9.97 Å². The van der Waals surface area contributed by atoms with Gasteiger partial charge in [-0.15, -0.1) is 0 Å². The monoisotopic (exact) mass is 792 g/mol. The summed E-state index contributed by atoms with van der Waals surface area (Å²) in [7, 11) is 0. The molecule has 9 aromatic carbocycles. The third kappa shape index (κ3) is 5.43.